The van der Waals surface area contributed by atoms with Gasteiger partial charge in [0.15, 0.2) is 5.78 Å². The summed E-state index contributed by atoms with van der Waals surface area (Å²) in [5.41, 5.74) is 0.972. The SMILES string of the molecule is CCOC(C)[C@H]1C=C(CCCCCCC(=O)OC)C(=O)C1. The molecule has 0 amide bonds. The van der Waals surface area contributed by atoms with E-state index in [4.69, 9.17) is 4.74 Å². The van der Waals surface area contributed by atoms with Crippen molar-refractivity contribution in [1.29, 1.82) is 0 Å². The van der Waals surface area contributed by atoms with Crippen LogP contribution in [-0.4, -0.2) is 31.6 Å². The highest BCUT2D eigenvalue weighted by atomic mass is 16.5. The molecule has 4 heteroatoms. The molecular formula is C17H28O4. The fraction of sp³-hybridized carbons (Fsp3) is 0.765. The zero-order valence-electron chi connectivity index (χ0n) is 13.5. The van der Waals surface area contributed by atoms with Gasteiger partial charge in [-0.15, -0.1) is 0 Å². The molecule has 2 atom stereocenters. The molecule has 1 unspecified atom stereocenters. The van der Waals surface area contributed by atoms with Crippen LogP contribution in [0.4, 0.5) is 0 Å². The van der Waals surface area contributed by atoms with Crippen LogP contribution in [0.2, 0.25) is 0 Å². The minimum absolute atomic E-state index is 0.122. The third kappa shape index (κ3) is 6.42. The van der Waals surface area contributed by atoms with Crippen molar-refractivity contribution in [3.05, 3.63) is 11.6 Å². The van der Waals surface area contributed by atoms with Crippen molar-refractivity contribution < 1.29 is 19.1 Å². The number of carbonyl (C=O) groups is 2. The van der Waals surface area contributed by atoms with E-state index in [1.807, 2.05) is 13.8 Å². The average molecular weight is 296 g/mol. The number of carbonyl (C=O) groups excluding carboxylic acids is 2. The molecule has 0 bridgehead atoms. The Morgan fingerprint density at radius 1 is 1.33 bits per heavy atom. The van der Waals surface area contributed by atoms with Gasteiger partial charge < -0.3 is 9.47 Å². The number of methoxy groups -OCH3 is 1. The molecule has 0 saturated heterocycles. The number of unbranched alkanes of at least 4 members (excludes halogenated alkanes) is 3. The summed E-state index contributed by atoms with van der Waals surface area (Å²) in [4.78, 5) is 22.9. The molecule has 0 spiro atoms. The minimum atomic E-state index is -0.142. The molecule has 0 aromatic rings. The van der Waals surface area contributed by atoms with E-state index in [1.54, 1.807) is 0 Å². The molecule has 0 saturated carbocycles. The van der Waals surface area contributed by atoms with E-state index < -0.39 is 0 Å². The van der Waals surface area contributed by atoms with Crippen LogP contribution in [0.1, 0.15) is 58.8 Å². The van der Waals surface area contributed by atoms with Gasteiger partial charge in [0.2, 0.25) is 0 Å². The van der Waals surface area contributed by atoms with Crippen molar-refractivity contribution in [2.75, 3.05) is 13.7 Å². The first-order chi connectivity index (χ1) is 10.1. The van der Waals surface area contributed by atoms with E-state index in [1.165, 1.54) is 7.11 Å². The Balaban J connectivity index is 2.20. The lowest BCUT2D eigenvalue weighted by Crippen LogP contribution is -2.18. The quantitative estimate of drug-likeness (QED) is 0.458. The molecule has 1 aliphatic rings. The van der Waals surface area contributed by atoms with Gasteiger partial charge in [-0.1, -0.05) is 18.9 Å². The van der Waals surface area contributed by atoms with Crippen LogP contribution < -0.4 is 0 Å². The summed E-state index contributed by atoms with van der Waals surface area (Å²) in [6.45, 7) is 4.70. The number of hydrogen-bond donors (Lipinski definition) is 0. The Labute approximate surface area is 127 Å². The summed E-state index contributed by atoms with van der Waals surface area (Å²) in [6, 6.07) is 0. The fourth-order valence-corrected chi connectivity index (χ4v) is 2.71. The van der Waals surface area contributed by atoms with Crippen molar-refractivity contribution in [2.45, 2.75) is 64.9 Å². The van der Waals surface area contributed by atoms with Crippen LogP contribution in [0.25, 0.3) is 0 Å². The molecule has 0 radical (unpaired) electrons. The molecule has 0 aromatic carbocycles. The number of esters is 1. The molecule has 0 N–H and O–H groups in total. The third-order valence-corrected chi connectivity index (χ3v) is 4.03. The zero-order chi connectivity index (χ0) is 15.7. The highest BCUT2D eigenvalue weighted by Gasteiger charge is 2.27. The Morgan fingerprint density at radius 3 is 2.71 bits per heavy atom. The van der Waals surface area contributed by atoms with Gasteiger partial charge in [-0.3, -0.25) is 9.59 Å². The maximum atomic E-state index is 12.0. The van der Waals surface area contributed by atoms with Crippen molar-refractivity contribution in [3.63, 3.8) is 0 Å². The highest BCUT2D eigenvalue weighted by Crippen LogP contribution is 2.28. The lowest BCUT2D eigenvalue weighted by atomic mass is 10.0. The first-order valence-electron chi connectivity index (χ1n) is 8.00. The first-order valence-corrected chi connectivity index (χ1v) is 8.00. The van der Waals surface area contributed by atoms with Gasteiger partial charge in [0.1, 0.15) is 0 Å². The lowest BCUT2D eigenvalue weighted by molar-refractivity contribution is -0.140. The van der Waals surface area contributed by atoms with Crippen LogP contribution >= 0.6 is 0 Å². The molecule has 1 aliphatic carbocycles. The Kier molecular flexibility index (Phi) is 8.28. The van der Waals surface area contributed by atoms with Crippen LogP contribution in [0.3, 0.4) is 0 Å². The van der Waals surface area contributed by atoms with Crippen LogP contribution in [0, 0.1) is 5.92 Å². The molecule has 0 heterocycles. The molecule has 21 heavy (non-hydrogen) atoms. The fourth-order valence-electron chi connectivity index (χ4n) is 2.71. The number of rotatable bonds is 10. The van der Waals surface area contributed by atoms with E-state index in [-0.39, 0.29) is 23.8 Å². The zero-order valence-corrected chi connectivity index (χ0v) is 13.5. The number of ketones is 1. The summed E-state index contributed by atoms with van der Waals surface area (Å²) in [5, 5.41) is 0. The van der Waals surface area contributed by atoms with Crippen molar-refractivity contribution in [2.24, 2.45) is 5.92 Å². The van der Waals surface area contributed by atoms with Gasteiger partial charge in [0.25, 0.3) is 0 Å². The predicted octanol–water partition coefficient (Wildman–Crippen LogP) is 3.44. The van der Waals surface area contributed by atoms with Crippen LogP contribution in [-0.2, 0) is 19.1 Å². The normalized spacial score (nSPS) is 19.5. The van der Waals surface area contributed by atoms with E-state index in [0.29, 0.717) is 19.4 Å². The smallest absolute Gasteiger partial charge is 0.305 e. The van der Waals surface area contributed by atoms with E-state index >= 15 is 0 Å². The molecule has 0 aromatic heterocycles. The maximum Gasteiger partial charge on any atom is 0.305 e. The van der Waals surface area contributed by atoms with Gasteiger partial charge in [0.05, 0.1) is 13.2 Å². The van der Waals surface area contributed by atoms with Crippen LogP contribution in [0.5, 0.6) is 0 Å². The van der Waals surface area contributed by atoms with Crippen LogP contribution in [0.15, 0.2) is 11.6 Å². The Bertz CT molecular complexity index is 373. The van der Waals surface area contributed by atoms with Gasteiger partial charge in [0, 0.05) is 25.4 Å². The van der Waals surface area contributed by atoms with Crippen molar-refractivity contribution >= 4 is 11.8 Å². The second kappa shape index (κ2) is 9.72. The summed E-state index contributed by atoms with van der Waals surface area (Å²) < 4.78 is 10.2. The molecule has 4 nitrogen and oxygen atoms in total. The van der Waals surface area contributed by atoms with Gasteiger partial charge in [-0.05, 0) is 38.7 Å². The second-order valence-electron chi connectivity index (χ2n) is 5.63. The molecule has 120 valence electrons. The monoisotopic (exact) mass is 296 g/mol. The summed E-state index contributed by atoms with van der Waals surface area (Å²) in [7, 11) is 1.42. The number of ether oxygens (including phenoxy) is 2. The summed E-state index contributed by atoms with van der Waals surface area (Å²) in [6.07, 6.45) is 8.10. The largest absolute Gasteiger partial charge is 0.469 e. The minimum Gasteiger partial charge on any atom is -0.469 e. The van der Waals surface area contributed by atoms with Gasteiger partial charge >= 0.3 is 5.97 Å². The van der Waals surface area contributed by atoms with Gasteiger partial charge in [-0.2, -0.15) is 0 Å². The maximum absolute atomic E-state index is 12.0. The van der Waals surface area contributed by atoms with Crippen molar-refractivity contribution in [3.8, 4) is 0 Å². The van der Waals surface area contributed by atoms with E-state index in [0.717, 1.165) is 37.7 Å². The van der Waals surface area contributed by atoms with Gasteiger partial charge in [-0.25, -0.2) is 0 Å². The van der Waals surface area contributed by atoms with E-state index in [9.17, 15) is 9.59 Å². The Morgan fingerprint density at radius 2 is 2.05 bits per heavy atom. The predicted molar refractivity (Wildman–Crippen MR) is 82.0 cm³/mol. The summed E-state index contributed by atoms with van der Waals surface area (Å²) >= 11 is 0. The first kappa shape index (κ1) is 17.9. The highest BCUT2D eigenvalue weighted by molar-refractivity contribution is 5.98. The Hall–Kier alpha value is -1.16. The second-order valence-corrected chi connectivity index (χ2v) is 5.63. The standard InChI is InChI=1S/C17H28O4/c1-4-21-13(2)15-11-14(16(18)12-15)9-7-5-6-8-10-17(19)20-3/h11,13,15H,4-10,12H2,1-3H3/t13?,15-/m0/s1. The number of Topliss-reactive ketones (excluding diaryl/α,β-unsaturated/α-hetero) is 1. The molecule has 0 aliphatic heterocycles. The topological polar surface area (TPSA) is 52.6 Å². The molecule has 0 fully saturated rings. The van der Waals surface area contributed by atoms with E-state index in [2.05, 4.69) is 10.8 Å². The molecular weight excluding hydrogens is 268 g/mol. The third-order valence-electron chi connectivity index (χ3n) is 4.03. The molecule has 1 rings (SSSR count). The number of hydrogen-bond acceptors (Lipinski definition) is 4. The summed E-state index contributed by atoms with van der Waals surface area (Å²) in [5.74, 6) is 0.379. The number of allylic oxidation sites excluding steroid dienone is 1. The average Bonchev–Trinajstić information content (AvgIpc) is 2.84. The lowest BCUT2D eigenvalue weighted by Gasteiger charge is -2.16. The van der Waals surface area contributed by atoms with Crippen molar-refractivity contribution in [1.82, 2.24) is 0 Å².